The van der Waals surface area contributed by atoms with E-state index >= 15 is 0 Å². The molecule has 2 heteroatoms. The molecule has 29 valence electrons. The summed E-state index contributed by atoms with van der Waals surface area (Å²) in [5, 5.41) is 9.18. The molecule has 0 aliphatic carbocycles. The second kappa shape index (κ2) is 8.87. The topological polar surface area (TPSA) is 19.9 Å². The van der Waals surface area contributed by atoms with Crippen LogP contribution in [0.1, 0.15) is 0 Å². The molecule has 5 heavy (non-hydrogen) atoms. The highest BCUT2D eigenvalue weighted by Crippen LogP contribution is 1.48. The van der Waals surface area contributed by atoms with E-state index in [-0.39, 0.29) is 24.0 Å². The van der Waals surface area contributed by atoms with Gasteiger partial charge >= 0.3 is 0 Å². The van der Waals surface area contributed by atoms with Gasteiger partial charge in [-0.1, -0.05) is 6.08 Å². The standard InChI is InChI=1S/C3H5O.Al.3H/c1-2-3-4;;;;/h2H,1,3H2;;;;. The first-order valence-electron chi connectivity index (χ1n) is 1.11. The summed E-state index contributed by atoms with van der Waals surface area (Å²) in [6.45, 7) is 3.00. The average Bonchev–Trinajstić information content (AvgIpc) is 1.37. The maximum absolute atomic E-state index is 9.18. The molecule has 0 unspecified atom stereocenters. The Hall–Kier alpha value is 0.232. The average molecular weight is 87.1 g/mol. The Labute approximate surface area is 42.4 Å². The third-order valence-electron chi connectivity index (χ3n) is 0.118. The molecule has 0 aliphatic rings. The van der Waals surface area contributed by atoms with E-state index < -0.39 is 0 Å². The summed E-state index contributed by atoms with van der Waals surface area (Å²) < 4.78 is 0. The molecule has 0 atom stereocenters. The van der Waals surface area contributed by atoms with Crippen LogP contribution in [0.25, 0.3) is 0 Å². The van der Waals surface area contributed by atoms with Crippen LogP contribution >= 0.6 is 0 Å². The Balaban J connectivity index is 0. The van der Waals surface area contributed by atoms with E-state index in [0.717, 1.165) is 0 Å². The number of rotatable bonds is 1. The van der Waals surface area contributed by atoms with Gasteiger partial charge in [0, 0.05) is 0 Å². The fraction of sp³-hybridized carbons (Fsp3) is 0.333. The van der Waals surface area contributed by atoms with Crippen LogP contribution in [0.15, 0.2) is 12.7 Å². The normalized spacial score (nSPS) is 5.00. The molecule has 0 aromatic rings. The van der Waals surface area contributed by atoms with Gasteiger partial charge in [0.1, 0.15) is 6.61 Å². The zero-order valence-electron chi connectivity index (χ0n) is 2.40. The quantitative estimate of drug-likeness (QED) is 0.301. The van der Waals surface area contributed by atoms with E-state index in [1.165, 1.54) is 6.08 Å². The van der Waals surface area contributed by atoms with Gasteiger partial charge in [-0.05, 0) is 0 Å². The zero-order valence-corrected chi connectivity index (χ0v) is 2.40. The van der Waals surface area contributed by atoms with Crippen molar-refractivity contribution in [1.29, 1.82) is 0 Å². The minimum absolute atomic E-state index is 0. The molecule has 0 saturated heterocycles. The molecular formula is C3H8AlO. The summed E-state index contributed by atoms with van der Waals surface area (Å²) in [4.78, 5) is 0. The lowest BCUT2D eigenvalue weighted by atomic mass is 10.7. The third kappa shape index (κ3) is 13.9. The Morgan fingerprint density at radius 1 is 1.80 bits per heavy atom. The van der Waals surface area contributed by atoms with Crippen LogP contribution < -0.4 is 0 Å². The highest BCUT2D eigenvalue weighted by Gasteiger charge is 1.49. The fourth-order valence-corrected chi connectivity index (χ4v) is 0. The minimum atomic E-state index is -0.167. The predicted molar refractivity (Wildman–Crippen MR) is 25.7 cm³/mol. The van der Waals surface area contributed by atoms with Gasteiger partial charge in [-0.15, -0.1) is 6.58 Å². The molecule has 0 aliphatic heterocycles. The Morgan fingerprint density at radius 2 is 2.00 bits per heavy atom. The molecule has 0 aromatic heterocycles. The van der Waals surface area contributed by atoms with Gasteiger partial charge in [-0.3, -0.25) is 0 Å². The molecule has 0 aromatic carbocycles. The van der Waals surface area contributed by atoms with E-state index in [1.54, 1.807) is 0 Å². The fourth-order valence-electron chi connectivity index (χ4n) is 0. The molecule has 0 N–H and O–H groups in total. The van der Waals surface area contributed by atoms with Gasteiger partial charge in [-0.25, -0.2) is 5.11 Å². The summed E-state index contributed by atoms with van der Waals surface area (Å²) in [7, 11) is 0. The lowest BCUT2D eigenvalue weighted by Gasteiger charge is -1.54. The third-order valence-corrected chi connectivity index (χ3v) is 0.118. The van der Waals surface area contributed by atoms with E-state index in [0.29, 0.717) is 0 Å². The lowest BCUT2D eigenvalue weighted by Crippen LogP contribution is -1.58. The molecular weight excluding hydrogens is 79.0 g/mol. The van der Waals surface area contributed by atoms with Crippen molar-refractivity contribution in [3.8, 4) is 0 Å². The summed E-state index contributed by atoms with van der Waals surface area (Å²) >= 11 is 0. The highest BCUT2D eigenvalue weighted by atomic mass is 27.0. The second-order valence-electron chi connectivity index (χ2n) is 0.455. The van der Waals surface area contributed by atoms with Crippen molar-refractivity contribution >= 4 is 17.4 Å². The van der Waals surface area contributed by atoms with Crippen molar-refractivity contribution in [1.82, 2.24) is 0 Å². The van der Waals surface area contributed by atoms with Crippen LogP contribution in [0.5, 0.6) is 0 Å². The first kappa shape index (κ1) is 8.97. The molecule has 0 amide bonds. The largest absolute Gasteiger partial charge is 0.232 e. The molecule has 0 spiro atoms. The van der Waals surface area contributed by atoms with Crippen LogP contribution in [-0.2, 0) is 5.11 Å². The van der Waals surface area contributed by atoms with Crippen LogP contribution in [0.4, 0.5) is 0 Å². The van der Waals surface area contributed by atoms with Crippen molar-refractivity contribution in [2.24, 2.45) is 0 Å². The van der Waals surface area contributed by atoms with Crippen LogP contribution in [0.3, 0.4) is 0 Å². The summed E-state index contributed by atoms with van der Waals surface area (Å²) in [6.07, 6.45) is 1.32. The van der Waals surface area contributed by atoms with Crippen LogP contribution in [0, 0.1) is 0 Å². The number of hydrogen-bond acceptors (Lipinski definition) is 0. The Bertz CT molecular complexity index is 20.9. The Kier molecular flexibility index (Phi) is 15.9. The van der Waals surface area contributed by atoms with E-state index in [4.69, 9.17) is 0 Å². The van der Waals surface area contributed by atoms with Gasteiger partial charge in [0.25, 0.3) is 0 Å². The predicted octanol–water partition coefficient (Wildman–Crippen LogP) is -0.581. The highest BCUT2D eigenvalue weighted by molar-refractivity contribution is 5.75. The van der Waals surface area contributed by atoms with Crippen molar-refractivity contribution in [3.63, 3.8) is 0 Å². The first-order chi connectivity index (χ1) is 1.91. The first-order valence-corrected chi connectivity index (χ1v) is 1.11. The molecule has 1 nitrogen and oxygen atoms in total. The minimum Gasteiger partial charge on any atom is -0.232 e. The molecule has 0 heterocycles. The second-order valence-corrected chi connectivity index (χ2v) is 0.455. The number of hydrogen-bond donors (Lipinski definition) is 0. The van der Waals surface area contributed by atoms with E-state index in [1.807, 2.05) is 0 Å². The molecule has 0 rings (SSSR count). The van der Waals surface area contributed by atoms with Crippen molar-refractivity contribution in [3.05, 3.63) is 12.7 Å². The smallest absolute Gasteiger partial charge is 0.187 e. The van der Waals surface area contributed by atoms with E-state index in [2.05, 4.69) is 6.58 Å². The van der Waals surface area contributed by atoms with Gasteiger partial charge in [0.2, 0.25) is 0 Å². The maximum Gasteiger partial charge on any atom is 0.187 e. The maximum atomic E-state index is 9.18. The Morgan fingerprint density at radius 3 is 2.00 bits per heavy atom. The van der Waals surface area contributed by atoms with Crippen LogP contribution in [-0.4, -0.2) is 24.0 Å². The summed E-state index contributed by atoms with van der Waals surface area (Å²) in [5.41, 5.74) is 0. The summed E-state index contributed by atoms with van der Waals surface area (Å²) in [6, 6.07) is 0. The van der Waals surface area contributed by atoms with Gasteiger partial charge < -0.3 is 0 Å². The molecule has 0 fully saturated rings. The molecule has 0 bridgehead atoms. The van der Waals surface area contributed by atoms with Crippen molar-refractivity contribution in [2.45, 2.75) is 0 Å². The molecule has 0 saturated carbocycles. The van der Waals surface area contributed by atoms with Crippen molar-refractivity contribution < 1.29 is 5.11 Å². The zero-order chi connectivity index (χ0) is 3.41. The SMILES string of the molecule is C=CC[O].[AlH3]. The molecule has 1 radical (unpaired) electrons. The monoisotopic (exact) mass is 87.0 g/mol. The van der Waals surface area contributed by atoms with Gasteiger partial charge in [-0.2, -0.15) is 0 Å². The van der Waals surface area contributed by atoms with Gasteiger partial charge in [0.15, 0.2) is 17.4 Å². The van der Waals surface area contributed by atoms with E-state index in [9.17, 15) is 5.11 Å². The van der Waals surface area contributed by atoms with Crippen molar-refractivity contribution in [2.75, 3.05) is 6.61 Å². The summed E-state index contributed by atoms with van der Waals surface area (Å²) in [5.74, 6) is 0. The van der Waals surface area contributed by atoms with Gasteiger partial charge in [0.05, 0.1) is 0 Å². The lowest BCUT2D eigenvalue weighted by molar-refractivity contribution is 0.232. The van der Waals surface area contributed by atoms with Crippen LogP contribution in [0.2, 0.25) is 0 Å².